The smallest absolute Gasteiger partial charge is 0.274 e. The second-order valence-electron chi connectivity index (χ2n) is 6.92. The molecule has 1 N–H and O–H groups in total. The van der Waals surface area contributed by atoms with E-state index < -0.39 is 0 Å². The molecule has 0 bridgehead atoms. The minimum Gasteiger partial charge on any atom is -0.319 e. The van der Waals surface area contributed by atoms with E-state index in [4.69, 9.17) is 16.7 Å². The van der Waals surface area contributed by atoms with Crippen molar-refractivity contribution in [3.05, 3.63) is 101 Å². The molecular weight excluding hydrogens is 382 g/mol. The Morgan fingerprint density at radius 3 is 2.24 bits per heavy atom. The van der Waals surface area contributed by atoms with E-state index in [9.17, 15) is 4.79 Å². The first kappa shape index (κ1) is 19.0. The standard InChI is InChI=1S/C24H20ClN3O/c1-16-13-17(2)23(20(25)14-16)26-24(29)22-15-21(18-9-5-3-6-10-18)27-28(22)19-11-7-4-8-12-19/h3-15H,1-2H3,(H,26,29). The van der Waals surface area contributed by atoms with Gasteiger partial charge in [0, 0.05) is 5.56 Å². The number of nitrogens with one attached hydrogen (secondary N) is 1. The van der Waals surface area contributed by atoms with Gasteiger partial charge in [-0.15, -0.1) is 0 Å². The molecule has 0 radical (unpaired) electrons. The average molecular weight is 402 g/mol. The number of rotatable bonds is 4. The van der Waals surface area contributed by atoms with Crippen LogP contribution in [-0.2, 0) is 0 Å². The zero-order valence-corrected chi connectivity index (χ0v) is 16.9. The van der Waals surface area contributed by atoms with Crippen molar-refractivity contribution in [2.75, 3.05) is 5.32 Å². The van der Waals surface area contributed by atoms with Gasteiger partial charge in [-0.25, -0.2) is 4.68 Å². The van der Waals surface area contributed by atoms with Crippen molar-refractivity contribution in [2.45, 2.75) is 13.8 Å². The van der Waals surface area contributed by atoms with Crippen LogP contribution in [0.1, 0.15) is 21.6 Å². The van der Waals surface area contributed by atoms with Crippen LogP contribution in [0.5, 0.6) is 0 Å². The lowest BCUT2D eigenvalue weighted by Crippen LogP contribution is -2.17. The summed E-state index contributed by atoms with van der Waals surface area (Å²) in [6.07, 6.45) is 0. The number of hydrogen-bond donors (Lipinski definition) is 1. The molecule has 4 rings (SSSR count). The quantitative estimate of drug-likeness (QED) is 0.451. The Hall–Kier alpha value is -3.37. The van der Waals surface area contributed by atoms with Gasteiger partial charge in [-0.05, 0) is 49.2 Å². The third-order valence-electron chi connectivity index (χ3n) is 4.68. The SMILES string of the molecule is Cc1cc(C)c(NC(=O)c2cc(-c3ccccc3)nn2-c2ccccc2)c(Cl)c1. The van der Waals surface area contributed by atoms with Crippen molar-refractivity contribution >= 4 is 23.2 Å². The molecule has 0 aliphatic carbocycles. The third kappa shape index (κ3) is 3.93. The molecule has 0 saturated heterocycles. The normalized spacial score (nSPS) is 10.7. The van der Waals surface area contributed by atoms with Gasteiger partial charge in [-0.3, -0.25) is 4.79 Å². The van der Waals surface area contributed by atoms with Crippen molar-refractivity contribution in [1.82, 2.24) is 9.78 Å². The molecule has 1 amide bonds. The first-order chi connectivity index (χ1) is 14.0. The van der Waals surface area contributed by atoms with E-state index >= 15 is 0 Å². The molecular formula is C24H20ClN3O. The van der Waals surface area contributed by atoms with Crippen LogP contribution in [0.3, 0.4) is 0 Å². The summed E-state index contributed by atoms with van der Waals surface area (Å²) in [4.78, 5) is 13.2. The van der Waals surface area contributed by atoms with Crippen LogP contribution in [0.15, 0.2) is 78.9 Å². The van der Waals surface area contributed by atoms with Crippen molar-refractivity contribution in [3.63, 3.8) is 0 Å². The van der Waals surface area contributed by atoms with Gasteiger partial charge in [0.25, 0.3) is 5.91 Å². The van der Waals surface area contributed by atoms with E-state index in [1.165, 1.54) is 0 Å². The number of halogens is 1. The molecule has 0 saturated carbocycles. The van der Waals surface area contributed by atoms with E-state index in [1.54, 1.807) is 10.7 Å². The Balaban J connectivity index is 1.78. The van der Waals surface area contributed by atoms with Crippen molar-refractivity contribution in [2.24, 2.45) is 0 Å². The molecule has 0 aliphatic rings. The molecule has 0 unspecified atom stereocenters. The lowest BCUT2D eigenvalue weighted by Gasteiger charge is -2.12. The molecule has 4 aromatic rings. The summed E-state index contributed by atoms with van der Waals surface area (Å²) in [5.74, 6) is -0.266. The predicted octanol–water partition coefficient (Wildman–Crippen LogP) is 6.06. The van der Waals surface area contributed by atoms with Crippen LogP contribution in [0.2, 0.25) is 5.02 Å². The molecule has 0 fully saturated rings. The molecule has 144 valence electrons. The summed E-state index contributed by atoms with van der Waals surface area (Å²) >= 11 is 6.39. The van der Waals surface area contributed by atoms with Crippen molar-refractivity contribution < 1.29 is 4.79 Å². The average Bonchev–Trinajstić information content (AvgIpc) is 3.17. The molecule has 0 aliphatic heterocycles. The summed E-state index contributed by atoms with van der Waals surface area (Å²) in [5.41, 5.74) is 5.50. The molecule has 4 nitrogen and oxygen atoms in total. The predicted molar refractivity (Wildman–Crippen MR) is 118 cm³/mol. The fourth-order valence-corrected chi connectivity index (χ4v) is 3.68. The van der Waals surface area contributed by atoms with E-state index in [1.807, 2.05) is 86.6 Å². The highest BCUT2D eigenvalue weighted by atomic mass is 35.5. The summed E-state index contributed by atoms with van der Waals surface area (Å²) in [6.45, 7) is 3.90. The maximum Gasteiger partial charge on any atom is 0.274 e. The Bertz CT molecular complexity index is 1140. The first-order valence-corrected chi connectivity index (χ1v) is 9.70. The van der Waals surface area contributed by atoms with Crippen LogP contribution in [0.4, 0.5) is 5.69 Å². The molecule has 1 aromatic heterocycles. The fourth-order valence-electron chi connectivity index (χ4n) is 3.31. The summed E-state index contributed by atoms with van der Waals surface area (Å²) in [5, 5.41) is 8.18. The highest BCUT2D eigenvalue weighted by Crippen LogP contribution is 2.29. The van der Waals surface area contributed by atoms with Gasteiger partial charge < -0.3 is 5.32 Å². The van der Waals surface area contributed by atoms with Gasteiger partial charge in [0.2, 0.25) is 0 Å². The van der Waals surface area contributed by atoms with Gasteiger partial charge in [-0.1, -0.05) is 66.2 Å². The van der Waals surface area contributed by atoms with E-state index in [0.29, 0.717) is 16.4 Å². The lowest BCUT2D eigenvalue weighted by atomic mass is 10.1. The molecule has 0 spiro atoms. The largest absolute Gasteiger partial charge is 0.319 e. The van der Waals surface area contributed by atoms with Gasteiger partial charge in [0.1, 0.15) is 5.69 Å². The van der Waals surface area contributed by atoms with Crippen LogP contribution in [0, 0.1) is 13.8 Å². The summed E-state index contributed by atoms with van der Waals surface area (Å²) in [6, 6.07) is 25.0. The topological polar surface area (TPSA) is 46.9 Å². The Morgan fingerprint density at radius 1 is 0.931 bits per heavy atom. The van der Waals surface area contributed by atoms with Gasteiger partial charge in [0.05, 0.1) is 22.1 Å². The highest BCUT2D eigenvalue weighted by Gasteiger charge is 2.19. The Morgan fingerprint density at radius 2 is 1.59 bits per heavy atom. The fraction of sp³-hybridized carbons (Fsp3) is 0.0833. The molecule has 0 atom stereocenters. The zero-order chi connectivity index (χ0) is 20.4. The van der Waals surface area contributed by atoms with Gasteiger partial charge >= 0.3 is 0 Å². The van der Waals surface area contributed by atoms with Crippen molar-refractivity contribution in [1.29, 1.82) is 0 Å². The molecule has 3 aromatic carbocycles. The van der Waals surface area contributed by atoms with E-state index in [-0.39, 0.29) is 5.91 Å². The summed E-state index contributed by atoms with van der Waals surface area (Å²) in [7, 11) is 0. The van der Waals surface area contributed by atoms with Crippen molar-refractivity contribution in [3.8, 4) is 16.9 Å². The molecule has 29 heavy (non-hydrogen) atoms. The summed E-state index contributed by atoms with van der Waals surface area (Å²) < 4.78 is 1.66. The number of aromatic nitrogens is 2. The molecule has 5 heteroatoms. The number of amides is 1. The number of benzene rings is 3. The number of carbonyl (C=O) groups excluding carboxylic acids is 1. The number of para-hydroxylation sites is 1. The van der Waals surface area contributed by atoms with E-state index in [2.05, 4.69) is 5.32 Å². The van der Waals surface area contributed by atoms with E-state index in [0.717, 1.165) is 28.1 Å². The zero-order valence-electron chi connectivity index (χ0n) is 16.2. The van der Waals surface area contributed by atoms with Crippen LogP contribution in [0.25, 0.3) is 16.9 Å². The van der Waals surface area contributed by atoms with Gasteiger partial charge in [0.15, 0.2) is 0 Å². The maximum absolute atomic E-state index is 13.2. The van der Waals surface area contributed by atoms with Crippen LogP contribution < -0.4 is 5.32 Å². The highest BCUT2D eigenvalue weighted by molar-refractivity contribution is 6.34. The maximum atomic E-state index is 13.2. The number of anilines is 1. The number of hydrogen-bond acceptors (Lipinski definition) is 2. The second-order valence-corrected chi connectivity index (χ2v) is 7.33. The van der Waals surface area contributed by atoms with Crippen LogP contribution >= 0.6 is 11.6 Å². The Kier molecular flexibility index (Phi) is 5.19. The number of nitrogens with zero attached hydrogens (tertiary/aromatic N) is 2. The first-order valence-electron chi connectivity index (χ1n) is 9.32. The van der Waals surface area contributed by atoms with Gasteiger partial charge in [-0.2, -0.15) is 5.10 Å². The monoisotopic (exact) mass is 401 g/mol. The minimum absolute atomic E-state index is 0.266. The third-order valence-corrected chi connectivity index (χ3v) is 4.98. The lowest BCUT2D eigenvalue weighted by molar-refractivity contribution is 0.101. The Labute approximate surface area is 174 Å². The number of carbonyl (C=O) groups is 1. The number of aryl methyl sites for hydroxylation is 2. The minimum atomic E-state index is -0.266. The molecule has 1 heterocycles. The second kappa shape index (κ2) is 7.94. The van der Waals surface area contributed by atoms with Crippen LogP contribution in [-0.4, -0.2) is 15.7 Å².